The van der Waals surface area contributed by atoms with E-state index in [1.54, 1.807) is 18.3 Å². The molecular weight excluding hydrogens is 282 g/mol. The third-order valence-corrected chi connectivity index (χ3v) is 4.31. The average Bonchev–Trinajstić information content (AvgIpc) is 2.86. The first-order valence-corrected chi connectivity index (χ1v) is 7.93. The van der Waals surface area contributed by atoms with Crippen molar-refractivity contribution in [2.75, 3.05) is 5.32 Å². The predicted octanol–water partition coefficient (Wildman–Crippen LogP) is 3.57. The molecule has 3 N–H and O–H groups in total. The molecule has 2 aromatic rings. The second-order valence-corrected chi connectivity index (χ2v) is 6.35. The maximum atomic E-state index is 12.1. The number of benzene rings is 1. The van der Waals surface area contributed by atoms with E-state index in [9.17, 15) is 4.79 Å². The molecular formula is C16H21N3OS. The van der Waals surface area contributed by atoms with Crippen molar-refractivity contribution >= 4 is 22.9 Å². The van der Waals surface area contributed by atoms with Crippen LogP contribution >= 0.6 is 11.3 Å². The molecule has 4 nitrogen and oxygen atoms in total. The number of nitrogens with zero attached hydrogens (tertiary/aromatic N) is 1. The predicted molar refractivity (Wildman–Crippen MR) is 88.4 cm³/mol. The third kappa shape index (κ3) is 3.89. The van der Waals surface area contributed by atoms with E-state index in [-0.39, 0.29) is 5.91 Å². The van der Waals surface area contributed by atoms with E-state index in [2.05, 4.69) is 10.3 Å². The van der Waals surface area contributed by atoms with Gasteiger partial charge in [-0.1, -0.05) is 13.3 Å². The van der Waals surface area contributed by atoms with Gasteiger partial charge in [-0.2, -0.15) is 0 Å². The summed E-state index contributed by atoms with van der Waals surface area (Å²) in [6.45, 7) is 5.76. The van der Waals surface area contributed by atoms with E-state index in [1.165, 1.54) is 0 Å². The lowest BCUT2D eigenvalue weighted by Crippen LogP contribution is -2.48. The Morgan fingerprint density at radius 1 is 1.38 bits per heavy atom. The zero-order chi connectivity index (χ0) is 15.5. The summed E-state index contributed by atoms with van der Waals surface area (Å²) in [5.41, 5.74) is 8.01. The topological polar surface area (TPSA) is 68.0 Å². The van der Waals surface area contributed by atoms with Crippen LogP contribution in [0, 0.1) is 6.92 Å². The Morgan fingerprint density at radius 3 is 2.57 bits per heavy atom. The minimum Gasteiger partial charge on any atom is -0.325 e. The van der Waals surface area contributed by atoms with Gasteiger partial charge >= 0.3 is 0 Å². The summed E-state index contributed by atoms with van der Waals surface area (Å²) >= 11 is 1.61. The van der Waals surface area contributed by atoms with Crippen LogP contribution in [0.3, 0.4) is 0 Å². The number of carbonyl (C=O) groups is 1. The number of hydrogen-bond acceptors (Lipinski definition) is 4. The molecule has 5 heteroatoms. The van der Waals surface area contributed by atoms with Gasteiger partial charge in [-0.05, 0) is 44.5 Å². The summed E-state index contributed by atoms with van der Waals surface area (Å²) < 4.78 is 0. The first-order valence-electron chi connectivity index (χ1n) is 7.05. The first kappa shape index (κ1) is 15.7. The lowest BCUT2D eigenvalue weighted by atomic mass is 9.96. The van der Waals surface area contributed by atoms with Gasteiger partial charge in [0.15, 0.2) is 0 Å². The molecule has 1 unspecified atom stereocenters. The van der Waals surface area contributed by atoms with Crippen molar-refractivity contribution < 1.29 is 4.79 Å². The van der Waals surface area contributed by atoms with Gasteiger partial charge in [0, 0.05) is 22.3 Å². The Balaban J connectivity index is 2.08. The van der Waals surface area contributed by atoms with Gasteiger partial charge in [0.05, 0.1) is 5.54 Å². The Kier molecular flexibility index (Phi) is 4.75. The molecule has 112 valence electrons. The molecule has 0 aliphatic carbocycles. The molecule has 1 heterocycles. The van der Waals surface area contributed by atoms with Crippen LogP contribution in [0.4, 0.5) is 5.69 Å². The minimum absolute atomic E-state index is 0.151. The number of thiazole rings is 1. The van der Waals surface area contributed by atoms with Crippen molar-refractivity contribution in [3.05, 3.63) is 35.3 Å². The molecule has 0 radical (unpaired) electrons. The first-order chi connectivity index (χ1) is 9.92. The number of rotatable bonds is 5. The molecule has 1 aromatic heterocycles. The van der Waals surface area contributed by atoms with Crippen molar-refractivity contribution in [1.82, 2.24) is 4.98 Å². The highest BCUT2D eigenvalue weighted by Gasteiger charge is 2.27. The summed E-state index contributed by atoms with van der Waals surface area (Å²) in [6, 6.07) is 7.68. The number of carbonyl (C=O) groups excluding carboxylic acids is 1. The van der Waals surface area contributed by atoms with Gasteiger partial charge in [0.25, 0.3) is 0 Å². The fourth-order valence-electron chi connectivity index (χ4n) is 2.09. The molecule has 0 bridgehead atoms. The van der Waals surface area contributed by atoms with Gasteiger partial charge in [-0.15, -0.1) is 11.3 Å². The van der Waals surface area contributed by atoms with Crippen molar-refractivity contribution in [3.8, 4) is 10.6 Å². The summed E-state index contributed by atoms with van der Waals surface area (Å²) in [4.78, 5) is 16.6. The van der Waals surface area contributed by atoms with Gasteiger partial charge < -0.3 is 11.1 Å². The summed E-state index contributed by atoms with van der Waals surface area (Å²) in [5.74, 6) is -0.151. The largest absolute Gasteiger partial charge is 0.325 e. The number of anilines is 1. The van der Waals surface area contributed by atoms with Crippen LogP contribution in [-0.4, -0.2) is 16.4 Å². The highest BCUT2D eigenvalue weighted by Crippen LogP contribution is 2.25. The second-order valence-electron chi connectivity index (χ2n) is 5.49. The van der Waals surface area contributed by atoms with Crippen LogP contribution in [0.5, 0.6) is 0 Å². The number of hydrogen-bond donors (Lipinski definition) is 2. The fraction of sp³-hybridized carbons (Fsp3) is 0.375. The zero-order valence-electron chi connectivity index (χ0n) is 12.6. The van der Waals surface area contributed by atoms with E-state index in [1.807, 2.05) is 43.5 Å². The van der Waals surface area contributed by atoms with E-state index in [0.29, 0.717) is 6.42 Å². The van der Waals surface area contributed by atoms with Crippen LogP contribution < -0.4 is 11.1 Å². The molecule has 0 saturated heterocycles. The maximum Gasteiger partial charge on any atom is 0.244 e. The molecule has 2 rings (SSSR count). The van der Waals surface area contributed by atoms with Crippen LogP contribution in [0.15, 0.2) is 29.6 Å². The number of aryl methyl sites for hydroxylation is 1. The molecule has 1 amide bonds. The SMILES string of the molecule is CCCC(C)(N)C(=O)Nc1ccc(-c2nc(C)cs2)cc1. The summed E-state index contributed by atoms with van der Waals surface area (Å²) in [6.07, 6.45) is 1.54. The van der Waals surface area contributed by atoms with E-state index in [0.717, 1.165) is 28.4 Å². The Bertz CT molecular complexity index is 617. The summed E-state index contributed by atoms with van der Waals surface area (Å²) in [5, 5.41) is 5.88. The maximum absolute atomic E-state index is 12.1. The molecule has 0 aliphatic rings. The molecule has 1 aromatic carbocycles. The lowest BCUT2D eigenvalue weighted by Gasteiger charge is -2.22. The van der Waals surface area contributed by atoms with Gasteiger partial charge in [-0.25, -0.2) is 4.98 Å². The van der Waals surface area contributed by atoms with Crippen molar-refractivity contribution in [2.45, 2.75) is 39.2 Å². The molecule has 0 saturated carbocycles. The van der Waals surface area contributed by atoms with Gasteiger partial charge in [0.2, 0.25) is 5.91 Å². The number of amides is 1. The Labute approximate surface area is 129 Å². The van der Waals surface area contributed by atoms with Crippen LogP contribution in [0.25, 0.3) is 10.6 Å². The molecule has 1 atom stereocenters. The van der Waals surface area contributed by atoms with Gasteiger partial charge in [-0.3, -0.25) is 4.79 Å². The van der Waals surface area contributed by atoms with Crippen LogP contribution in [0.1, 0.15) is 32.4 Å². The Morgan fingerprint density at radius 2 is 2.05 bits per heavy atom. The zero-order valence-corrected chi connectivity index (χ0v) is 13.5. The highest BCUT2D eigenvalue weighted by molar-refractivity contribution is 7.13. The van der Waals surface area contributed by atoms with Crippen molar-refractivity contribution in [1.29, 1.82) is 0 Å². The quantitative estimate of drug-likeness (QED) is 0.887. The van der Waals surface area contributed by atoms with Crippen LogP contribution in [-0.2, 0) is 4.79 Å². The normalized spacial score (nSPS) is 13.7. The van der Waals surface area contributed by atoms with Crippen LogP contribution in [0.2, 0.25) is 0 Å². The molecule has 0 fully saturated rings. The molecule has 0 aliphatic heterocycles. The lowest BCUT2D eigenvalue weighted by molar-refractivity contribution is -0.120. The van der Waals surface area contributed by atoms with E-state index >= 15 is 0 Å². The van der Waals surface area contributed by atoms with E-state index in [4.69, 9.17) is 5.73 Å². The molecule has 21 heavy (non-hydrogen) atoms. The fourth-order valence-corrected chi connectivity index (χ4v) is 2.89. The van der Waals surface area contributed by atoms with Crippen molar-refractivity contribution in [3.63, 3.8) is 0 Å². The molecule has 0 spiro atoms. The number of nitrogens with two attached hydrogens (primary N) is 1. The van der Waals surface area contributed by atoms with E-state index < -0.39 is 5.54 Å². The number of aromatic nitrogens is 1. The average molecular weight is 303 g/mol. The monoisotopic (exact) mass is 303 g/mol. The highest BCUT2D eigenvalue weighted by atomic mass is 32.1. The third-order valence-electron chi connectivity index (χ3n) is 3.30. The second kappa shape index (κ2) is 6.37. The Hall–Kier alpha value is -1.72. The minimum atomic E-state index is -0.833. The smallest absolute Gasteiger partial charge is 0.244 e. The standard InChI is InChI=1S/C16H21N3OS/c1-4-9-16(3,17)15(20)19-13-7-5-12(6-8-13)14-18-11(2)10-21-14/h5-8,10H,4,9,17H2,1-3H3,(H,19,20). The number of nitrogens with one attached hydrogen (secondary N) is 1. The summed E-state index contributed by atoms with van der Waals surface area (Å²) in [7, 11) is 0. The van der Waals surface area contributed by atoms with Crippen molar-refractivity contribution in [2.24, 2.45) is 5.73 Å². The van der Waals surface area contributed by atoms with Gasteiger partial charge in [0.1, 0.15) is 5.01 Å².